The maximum Gasteiger partial charge on any atom is 0.254 e. The van der Waals surface area contributed by atoms with Crippen LogP contribution >= 0.6 is 0 Å². The molecule has 1 atom stereocenters. The normalized spacial score (nSPS) is 24.6. The number of nitrogens with zero attached hydrogens (tertiary/aromatic N) is 1. The molecule has 7 heteroatoms. The smallest absolute Gasteiger partial charge is 0.254 e. The van der Waals surface area contributed by atoms with E-state index < -0.39 is 6.04 Å². The Balaban J connectivity index is 1.97. The number of hydrogen-bond donors (Lipinski definition) is 2. The Kier molecular flexibility index (Phi) is 5.44. The van der Waals surface area contributed by atoms with Gasteiger partial charge in [0.15, 0.2) is 0 Å². The number of likely N-dealkylation sites (tertiary alicyclic amines) is 1. The van der Waals surface area contributed by atoms with Gasteiger partial charge in [-0.2, -0.15) is 0 Å². The zero-order chi connectivity index (χ0) is 18.7. The van der Waals surface area contributed by atoms with E-state index in [0.717, 1.165) is 36.3 Å². The van der Waals surface area contributed by atoms with E-state index in [2.05, 4.69) is 10.6 Å². The van der Waals surface area contributed by atoms with Gasteiger partial charge in [0, 0.05) is 43.3 Å². The second-order valence-electron chi connectivity index (χ2n) is 6.73. The summed E-state index contributed by atoms with van der Waals surface area (Å²) in [6.45, 7) is 0.515. The zero-order valence-corrected chi connectivity index (χ0v) is 15.3. The molecule has 3 aliphatic rings. The quantitative estimate of drug-likeness (QED) is 0.738. The molecule has 0 aromatic carbocycles. The van der Waals surface area contributed by atoms with Crippen LogP contribution in [0.25, 0.3) is 0 Å². The Labute approximate surface area is 153 Å². The molecule has 0 spiro atoms. The summed E-state index contributed by atoms with van der Waals surface area (Å²) in [6, 6.07) is -0.595. The van der Waals surface area contributed by atoms with Gasteiger partial charge in [-0.15, -0.1) is 0 Å². The van der Waals surface area contributed by atoms with Crippen molar-refractivity contribution in [3.8, 4) is 0 Å². The number of amides is 3. The first-order chi connectivity index (χ1) is 12.5. The SMILES string of the molecule is CNC1=CC=C2C(=O)N(C3CCC(=O)NC3=O)CCCCC2=C(OC)C1. The van der Waals surface area contributed by atoms with Crippen LogP contribution in [0, 0.1) is 0 Å². The van der Waals surface area contributed by atoms with Crippen molar-refractivity contribution in [1.29, 1.82) is 0 Å². The number of hydrogen-bond acceptors (Lipinski definition) is 5. The van der Waals surface area contributed by atoms with Crippen molar-refractivity contribution < 1.29 is 19.1 Å². The predicted octanol–water partition coefficient (Wildman–Crippen LogP) is 1.14. The standard InChI is InChI=1S/C19H25N3O4/c1-20-12-6-7-14-13(16(11-12)26-2)5-3-4-10-22(19(14)25)15-8-9-17(23)21-18(15)24/h6-7,15,20H,3-5,8-11H2,1-2H3,(H,21,23,24). The fourth-order valence-electron chi connectivity index (χ4n) is 3.73. The first-order valence-electron chi connectivity index (χ1n) is 9.04. The Morgan fingerprint density at radius 2 is 2.00 bits per heavy atom. The van der Waals surface area contributed by atoms with Crippen molar-refractivity contribution in [2.75, 3.05) is 20.7 Å². The molecule has 0 radical (unpaired) electrons. The molecule has 3 amide bonds. The Morgan fingerprint density at radius 1 is 1.19 bits per heavy atom. The van der Waals surface area contributed by atoms with Gasteiger partial charge in [0.2, 0.25) is 11.8 Å². The molecule has 7 nitrogen and oxygen atoms in total. The maximum atomic E-state index is 13.3. The first-order valence-corrected chi connectivity index (χ1v) is 9.04. The molecule has 26 heavy (non-hydrogen) atoms. The van der Waals surface area contributed by atoms with Gasteiger partial charge in [-0.25, -0.2) is 0 Å². The Hall–Kier alpha value is -2.57. The second-order valence-corrected chi connectivity index (χ2v) is 6.73. The van der Waals surface area contributed by atoms with Crippen molar-refractivity contribution in [1.82, 2.24) is 15.5 Å². The van der Waals surface area contributed by atoms with Crippen LogP contribution in [0.15, 0.2) is 34.8 Å². The van der Waals surface area contributed by atoms with E-state index in [1.165, 1.54) is 0 Å². The monoisotopic (exact) mass is 359 g/mol. The average molecular weight is 359 g/mol. The third kappa shape index (κ3) is 3.52. The molecule has 0 saturated carbocycles. The predicted molar refractivity (Wildman–Crippen MR) is 95.6 cm³/mol. The van der Waals surface area contributed by atoms with Crippen molar-refractivity contribution in [2.24, 2.45) is 0 Å². The number of methoxy groups -OCH3 is 1. The molecular formula is C19H25N3O4. The summed E-state index contributed by atoms with van der Waals surface area (Å²) in [7, 11) is 3.47. The van der Waals surface area contributed by atoms with E-state index in [1.807, 2.05) is 19.2 Å². The van der Waals surface area contributed by atoms with Crippen LogP contribution in [0.5, 0.6) is 0 Å². The number of nitrogens with one attached hydrogen (secondary N) is 2. The Bertz CT molecular complexity index is 720. The number of allylic oxidation sites excluding steroid dienone is 2. The first kappa shape index (κ1) is 18.2. The summed E-state index contributed by atoms with van der Waals surface area (Å²) < 4.78 is 5.60. The van der Waals surface area contributed by atoms with E-state index >= 15 is 0 Å². The number of ether oxygens (including phenoxy) is 1. The van der Waals surface area contributed by atoms with E-state index in [-0.39, 0.29) is 24.1 Å². The summed E-state index contributed by atoms with van der Waals surface area (Å²) in [5, 5.41) is 5.48. The maximum absolute atomic E-state index is 13.3. The van der Waals surface area contributed by atoms with Gasteiger partial charge in [0.1, 0.15) is 11.8 Å². The highest BCUT2D eigenvalue weighted by Crippen LogP contribution is 2.32. The molecule has 2 heterocycles. The van der Waals surface area contributed by atoms with E-state index in [0.29, 0.717) is 25.0 Å². The van der Waals surface area contributed by atoms with E-state index in [1.54, 1.807) is 12.0 Å². The highest BCUT2D eigenvalue weighted by molar-refractivity contribution is 6.05. The lowest BCUT2D eigenvalue weighted by molar-refractivity contribution is -0.144. The lowest BCUT2D eigenvalue weighted by atomic mass is 9.93. The van der Waals surface area contributed by atoms with Gasteiger partial charge >= 0.3 is 0 Å². The molecule has 0 aromatic heterocycles. The van der Waals surface area contributed by atoms with E-state index in [9.17, 15) is 14.4 Å². The third-order valence-corrected chi connectivity index (χ3v) is 5.18. The van der Waals surface area contributed by atoms with Gasteiger partial charge < -0.3 is 15.0 Å². The molecule has 2 aliphatic heterocycles. The van der Waals surface area contributed by atoms with Crippen LogP contribution < -0.4 is 10.6 Å². The molecule has 1 aliphatic carbocycles. The van der Waals surface area contributed by atoms with Crippen LogP contribution in [0.4, 0.5) is 0 Å². The number of fused-ring (bicyclic) bond motifs is 1. The molecule has 140 valence electrons. The number of rotatable bonds is 3. The summed E-state index contributed by atoms with van der Waals surface area (Å²) in [6.07, 6.45) is 7.44. The van der Waals surface area contributed by atoms with Gasteiger partial charge in [-0.1, -0.05) is 0 Å². The lowest BCUT2D eigenvalue weighted by Gasteiger charge is -2.35. The second kappa shape index (κ2) is 7.76. The minimum atomic E-state index is -0.595. The van der Waals surface area contributed by atoms with Crippen molar-refractivity contribution in [3.05, 3.63) is 34.8 Å². The summed E-state index contributed by atoms with van der Waals surface area (Å²) >= 11 is 0. The highest BCUT2D eigenvalue weighted by Gasteiger charge is 2.37. The molecule has 2 saturated heterocycles. The summed E-state index contributed by atoms with van der Waals surface area (Å²) in [4.78, 5) is 38.7. The van der Waals surface area contributed by atoms with Crippen LogP contribution in [0.1, 0.15) is 38.5 Å². The zero-order valence-electron chi connectivity index (χ0n) is 15.3. The van der Waals surface area contributed by atoms with Gasteiger partial charge in [0.05, 0.1) is 7.11 Å². The van der Waals surface area contributed by atoms with Crippen LogP contribution in [-0.4, -0.2) is 49.4 Å². The van der Waals surface area contributed by atoms with Crippen LogP contribution in [0.3, 0.4) is 0 Å². The number of imide groups is 1. The summed E-state index contributed by atoms with van der Waals surface area (Å²) in [5.41, 5.74) is 2.46. The third-order valence-electron chi connectivity index (χ3n) is 5.18. The molecule has 3 rings (SSSR count). The van der Waals surface area contributed by atoms with E-state index in [4.69, 9.17) is 4.74 Å². The summed E-state index contributed by atoms with van der Waals surface area (Å²) in [5.74, 6) is -0.0400. The number of carbonyl (C=O) groups is 3. The number of piperidine rings is 1. The van der Waals surface area contributed by atoms with Gasteiger partial charge in [-0.05, 0) is 37.8 Å². The molecule has 2 N–H and O–H groups in total. The largest absolute Gasteiger partial charge is 0.500 e. The highest BCUT2D eigenvalue weighted by atomic mass is 16.5. The molecule has 1 unspecified atom stereocenters. The molecule has 0 bridgehead atoms. The van der Waals surface area contributed by atoms with Gasteiger partial charge in [0.25, 0.3) is 5.91 Å². The Morgan fingerprint density at radius 3 is 2.69 bits per heavy atom. The van der Waals surface area contributed by atoms with Crippen molar-refractivity contribution in [3.63, 3.8) is 0 Å². The topological polar surface area (TPSA) is 87.7 Å². The van der Waals surface area contributed by atoms with Gasteiger partial charge in [-0.3, -0.25) is 19.7 Å². The van der Waals surface area contributed by atoms with Crippen molar-refractivity contribution in [2.45, 2.75) is 44.6 Å². The molecule has 0 aromatic rings. The minimum Gasteiger partial charge on any atom is -0.500 e. The lowest BCUT2D eigenvalue weighted by Crippen LogP contribution is -2.55. The minimum absolute atomic E-state index is 0.169. The van der Waals surface area contributed by atoms with Crippen LogP contribution in [0.2, 0.25) is 0 Å². The molecular weight excluding hydrogens is 334 g/mol. The van der Waals surface area contributed by atoms with Crippen molar-refractivity contribution >= 4 is 17.7 Å². The molecule has 2 fully saturated rings. The van der Waals surface area contributed by atoms with Crippen LogP contribution in [-0.2, 0) is 19.1 Å². The number of carbonyl (C=O) groups excluding carboxylic acids is 3. The fourth-order valence-corrected chi connectivity index (χ4v) is 3.73. The fraction of sp³-hybridized carbons (Fsp3) is 0.526. The average Bonchev–Trinajstić information content (AvgIpc) is 2.79.